The fourth-order valence-corrected chi connectivity index (χ4v) is 6.44. The monoisotopic (exact) mass is 675 g/mol. The Balaban J connectivity index is 1.62. The molecule has 11 heteroatoms. The summed E-state index contributed by atoms with van der Waals surface area (Å²) in [6.45, 7) is 4.15. The number of anilines is 1. The maximum atomic E-state index is 13.9. The van der Waals surface area contributed by atoms with Gasteiger partial charge in [-0.05, 0) is 71.0 Å². The molecule has 0 spiro atoms. The molecular weight excluding hydrogens is 646 g/mol. The van der Waals surface area contributed by atoms with E-state index in [0.717, 1.165) is 23.3 Å². The van der Waals surface area contributed by atoms with Crippen molar-refractivity contribution in [1.82, 2.24) is 0 Å². The van der Waals surface area contributed by atoms with Crippen LogP contribution in [0.15, 0.2) is 102 Å². The summed E-state index contributed by atoms with van der Waals surface area (Å²) in [4.78, 5) is 11.9. The van der Waals surface area contributed by atoms with Gasteiger partial charge in [0.2, 0.25) is 0 Å². The Morgan fingerprint density at radius 2 is 1.56 bits per heavy atom. The molecule has 0 fully saturated rings. The minimum Gasteiger partial charge on any atom is -0.481 e. The lowest BCUT2D eigenvalue weighted by Gasteiger charge is -2.25. The molecule has 45 heavy (non-hydrogen) atoms. The number of carboxylic acids is 1. The predicted octanol–water partition coefficient (Wildman–Crippen LogP) is 9.49. The molecule has 1 N–H and O–H groups in total. The van der Waals surface area contributed by atoms with Gasteiger partial charge in [-0.25, -0.2) is 8.42 Å². The zero-order valence-corrected chi connectivity index (χ0v) is 26.6. The van der Waals surface area contributed by atoms with Crippen LogP contribution < -0.4 is 4.31 Å². The largest absolute Gasteiger partial charge is 0.481 e. The summed E-state index contributed by atoms with van der Waals surface area (Å²) in [5, 5.41) is 10.0. The van der Waals surface area contributed by atoms with E-state index in [9.17, 15) is 31.5 Å². The number of halogens is 5. The van der Waals surface area contributed by atoms with Crippen LogP contribution in [0.5, 0.6) is 0 Å². The van der Waals surface area contributed by atoms with Gasteiger partial charge >= 0.3 is 12.1 Å². The highest BCUT2D eigenvalue weighted by Crippen LogP contribution is 2.32. The van der Waals surface area contributed by atoms with Crippen LogP contribution >= 0.6 is 23.2 Å². The van der Waals surface area contributed by atoms with E-state index in [4.69, 9.17) is 23.2 Å². The van der Waals surface area contributed by atoms with Crippen molar-refractivity contribution < 1.29 is 31.5 Å². The fourth-order valence-electron chi connectivity index (χ4n) is 4.60. The number of rotatable bonds is 11. The smallest absolute Gasteiger partial charge is 0.416 e. The van der Waals surface area contributed by atoms with E-state index in [2.05, 4.69) is 13.8 Å². The third kappa shape index (κ3) is 8.69. The lowest BCUT2D eigenvalue weighted by molar-refractivity contribution is -0.140. The average molecular weight is 677 g/mol. The van der Waals surface area contributed by atoms with Crippen LogP contribution in [0.3, 0.4) is 0 Å². The number of hydrogen-bond acceptors (Lipinski definition) is 3. The highest BCUT2D eigenvalue weighted by Gasteiger charge is 2.31. The average Bonchev–Trinajstić information content (AvgIpc) is 2.99. The van der Waals surface area contributed by atoms with Gasteiger partial charge in [-0.2, -0.15) is 13.2 Å². The molecule has 0 aliphatic heterocycles. The predicted molar refractivity (Wildman–Crippen MR) is 172 cm³/mol. The number of alkyl halides is 3. The molecule has 4 aromatic rings. The molecule has 5 nitrogen and oxygen atoms in total. The van der Waals surface area contributed by atoms with Gasteiger partial charge in [-0.1, -0.05) is 104 Å². The first kappa shape index (κ1) is 34.1. The van der Waals surface area contributed by atoms with E-state index in [-0.39, 0.29) is 33.5 Å². The quantitative estimate of drug-likeness (QED) is 0.172. The van der Waals surface area contributed by atoms with Crippen molar-refractivity contribution in [2.45, 2.75) is 43.8 Å². The number of benzene rings is 4. The Hall–Kier alpha value is -3.79. The van der Waals surface area contributed by atoms with Crippen molar-refractivity contribution >= 4 is 51.0 Å². The second kappa shape index (κ2) is 14.1. The first-order valence-corrected chi connectivity index (χ1v) is 16.1. The van der Waals surface area contributed by atoms with Crippen molar-refractivity contribution in [1.29, 1.82) is 0 Å². The maximum absolute atomic E-state index is 13.9. The molecule has 0 heterocycles. The molecular formula is C34H30Cl2F3NO4S. The third-order valence-electron chi connectivity index (χ3n) is 7.18. The van der Waals surface area contributed by atoms with Crippen molar-refractivity contribution in [2.75, 3.05) is 4.31 Å². The number of sulfonamides is 1. The Morgan fingerprint density at radius 3 is 2.13 bits per heavy atom. The molecule has 4 aromatic carbocycles. The normalized spacial score (nSPS) is 12.9. The van der Waals surface area contributed by atoms with Crippen molar-refractivity contribution in [3.63, 3.8) is 0 Å². The second-order valence-electron chi connectivity index (χ2n) is 10.8. The molecule has 0 saturated heterocycles. The van der Waals surface area contributed by atoms with Crippen molar-refractivity contribution in [3.05, 3.63) is 135 Å². The summed E-state index contributed by atoms with van der Waals surface area (Å²) >= 11 is 12.2. The van der Waals surface area contributed by atoms with Crippen LogP contribution in [0, 0.1) is 5.92 Å². The Morgan fingerprint density at radius 1 is 0.889 bits per heavy atom. The van der Waals surface area contributed by atoms with Crippen LogP contribution in [0.25, 0.3) is 6.08 Å². The number of carbonyl (C=O) groups is 1. The Labute approximate surface area is 270 Å². The van der Waals surface area contributed by atoms with Gasteiger partial charge in [0.25, 0.3) is 10.0 Å². The molecule has 0 saturated carbocycles. The molecule has 0 aliphatic rings. The van der Waals surface area contributed by atoms with E-state index in [1.54, 1.807) is 30.3 Å². The van der Waals surface area contributed by atoms with Gasteiger partial charge < -0.3 is 5.11 Å². The summed E-state index contributed by atoms with van der Waals surface area (Å²) in [5.74, 6) is -1.97. The van der Waals surface area contributed by atoms with Gasteiger partial charge in [0.05, 0.1) is 38.7 Å². The van der Waals surface area contributed by atoms with Gasteiger partial charge in [0.15, 0.2) is 0 Å². The van der Waals surface area contributed by atoms with Crippen LogP contribution in [0.1, 0.15) is 47.6 Å². The molecule has 0 radical (unpaired) electrons. The highest BCUT2D eigenvalue weighted by molar-refractivity contribution is 7.92. The maximum Gasteiger partial charge on any atom is 0.416 e. The summed E-state index contributed by atoms with van der Waals surface area (Å²) in [6, 6.07) is 22.8. The van der Waals surface area contributed by atoms with E-state index < -0.39 is 33.7 Å². The van der Waals surface area contributed by atoms with Crippen molar-refractivity contribution in [2.24, 2.45) is 5.92 Å². The first-order chi connectivity index (χ1) is 21.1. The van der Waals surface area contributed by atoms with Gasteiger partial charge in [-0.15, -0.1) is 0 Å². The number of carboxylic acid groups (broad SMARTS) is 1. The third-order valence-corrected chi connectivity index (χ3v) is 9.69. The molecule has 0 bridgehead atoms. The zero-order chi connectivity index (χ0) is 32.9. The topological polar surface area (TPSA) is 74.7 Å². The van der Waals surface area contributed by atoms with Crippen molar-refractivity contribution in [3.8, 4) is 0 Å². The minimum atomic E-state index is -4.54. The Kier molecular flexibility index (Phi) is 10.7. The summed E-state index contributed by atoms with van der Waals surface area (Å²) in [5.41, 5.74) is 2.18. The fraction of sp³-hybridized carbons (Fsp3) is 0.206. The number of nitrogens with zero attached hydrogens (tertiary/aromatic N) is 1. The van der Waals surface area contributed by atoms with Crippen LogP contribution in [-0.4, -0.2) is 19.5 Å². The van der Waals surface area contributed by atoms with E-state index in [1.165, 1.54) is 40.7 Å². The summed E-state index contributed by atoms with van der Waals surface area (Å²) in [7, 11) is -4.10. The first-order valence-electron chi connectivity index (χ1n) is 13.9. The number of aliphatic carboxylic acids is 1. The van der Waals surface area contributed by atoms with Gasteiger partial charge in [-0.3, -0.25) is 9.10 Å². The Bertz CT molecular complexity index is 1790. The van der Waals surface area contributed by atoms with E-state index >= 15 is 0 Å². The zero-order valence-electron chi connectivity index (χ0n) is 24.3. The minimum absolute atomic E-state index is 0.0220. The molecule has 4 rings (SSSR count). The standard InChI is InChI=1S/C34H30Cl2F3NO4S/c1-22(2)26-11-7-24(8-12-26)21-40(45(43,44)30-16-17-31(35)32(36)20-30)29-14-9-23(10-15-29)6-13-27(33(41)42)18-25-4-3-5-28(19-25)34(37,38)39/h3-17,19-20,22,27H,18,21H2,1-2H3,(H,41,42). The van der Waals surface area contributed by atoms with Gasteiger partial charge in [0.1, 0.15) is 0 Å². The molecule has 0 aliphatic carbocycles. The van der Waals surface area contributed by atoms with Gasteiger partial charge in [0, 0.05) is 0 Å². The lowest BCUT2D eigenvalue weighted by atomic mass is 9.96. The second-order valence-corrected chi connectivity index (χ2v) is 13.5. The van der Waals surface area contributed by atoms with E-state index in [0.29, 0.717) is 17.2 Å². The van der Waals surface area contributed by atoms with Crippen LogP contribution in [-0.2, 0) is 34.0 Å². The molecule has 1 atom stereocenters. The van der Waals surface area contributed by atoms with Crippen LogP contribution in [0.4, 0.5) is 18.9 Å². The summed E-state index contributed by atoms with van der Waals surface area (Å²) < 4.78 is 68.4. The lowest BCUT2D eigenvalue weighted by Crippen LogP contribution is -2.30. The SMILES string of the molecule is CC(C)c1ccc(CN(c2ccc(C=CC(Cc3cccc(C(F)(F)F)c3)C(=O)O)cc2)S(=O)(=O)c2ccc(Cl)c(Cl)c2)cc1. The molecule has 0 amide bonds. The van der Waals surface area contributed by atoms with E-state index in [1.807, 2.05) is 24.3 Å². The van der Waals surface area contributed by atoms with Crippen LogP contribution in [0.2, 0.25) is 10.0 Å². The molecule has 236 valence electrons. The molecule has 1 unspecified atom stereocenters. The summed E-state index contributed by atoms with van der Waals surface area (Å²) in [6.07, 6.45) is -1.74. The highest BCUT2D eigenvalue weighted by atomic mass is 35.5. The molecule has 0 aromatic heterocycles. The number of hydrogen-bond donors (Lipinski definition) is 1.